The zero-order valence-electron chi connectivity index (χ0n) is 12.4. The van der Waals surface area contributed by atoms with Crippen molar-refractivity contribution in [2.24, 2.45) is 0 Å². The van der Waals surface area contributed by atoms with Crippen molar-refractivity contribution in [1.29, 1.82) is 0 Å². The molecule has 1 atom stereocenters. The fourth-order valence-corrected chi connectivity index (χ4v) is 2.08. The Morgan fingerprint density at radius 3 is 2.23 bits per heavy atom. The molecule has 0 aliphatic heterocycles. The molecule has 0 aromatic heterocycles. The van der Waals surface area contributed by atoms with Gasteiger partial charge in [-0.15, -0.1) is 0 Å². The van der Waals surface area contributed by atoms with Gasteiger partial charge in [0.1, 0.15) is 5.75 Å². The van der Waals surface area contributed by atoms with Crippen LogP contribution in [0.4, 0.5) is 0 Å². The Hall–Kier alpha value is -2.82. The van der Waals surface area contributed by atoms with E-state index in [1.807, 2.05) is 6.07 Å². The van der Waals surface area contributed by atoms with Gasteiger partial charge in [0.05, 0.1) is 19.8 Å². The second-order valence-electron chi connectivity index (χ2n) is 4.54. The maximum Gasteiger partial charge on any atom is 0.333 e. The highest BCUT2D eigenvalue weighted by Gasteiger charge is 2.25. The van der Waals surface area contributed by atoms with Gasteiger partial charge in [-0.05, 0) is 17.7 Å². The molecule has 22 heavy (non-hydrogen) atoms. The average Bonchev–Trinajstić information content (AvgIpc) is 2.59. The maximum atomic E-state index is 12.4. The lowest BCUT2D eigenvalue weighted by molar-refractivity contribution is -0.143. The van der Waals surface area contributed by atoms with Gasteiger partial charge in [0.2, 0.25) is 0 Å². The number of amides is 1. The SMILES string of the molecule is COC(=O)C(NC(=O)c1ccccc1OC)c1ccccc1. The van der Waals surface area contributed by atoms with Gasteiger partial charge in [0.25, 0.3) is 5.91 Å². The van der Waals surface area contributed by atoms with Crippen LogP contribution in [0.3, 0.4) is 0 Å². The van der Waals surface area contributed by atoms with Gasteiger partial charge in [-0.25, -0.2) is 4.79 Å². The van der Waals surface area contributed by atoms with Crippen molar-refractivity contribution in [3.05, 3.63) is 65.7 Å². The van der Waals surface area contributed by atoms with E-state index in [0.29, 0.717) is 16.9 Å². The second kappa shape index (κ2) is 7.26. The van der Waals surface area contributed by atoms with Crippen molar-refractivity contribution in [2.75, 3.05) is 14.2 Å². The van der Waals surface area contributed by atoms with Crippen molar-refractivity contribution < 1.29 is 19.1 Å². The molecule has 0 fully saturated rings. The van der Waals surface area contributed by atoms with Crippen molar-refractivity contribution in [2.45, 2.75) is 6.04 Å². The standard InChI is InChI=1S/C17H17NO4/c1-21-14-11-7-6-10-13(14)16(19)18-15(17(20)22-2)12-8-4-3-5-9-12/h3-11,15H,1-2H3,(H,18,19). The molecule has 2 aromatic rings. The van der Waals surface area contributed by atoms with Crippen LogP contribution in [0.2, 0.25) is 0 Å². The first-order valence-corrected chi connectivity index (χ1v) is 6.74. The predicted octanol–water partition coefficient (Wildman–Crippen LogP) is 2.34. The Labute approximate surface area is 128 Å². The molecule has 0 bridgehead atoms. The summed E-state index contributed by atoms with van der Waals surface area (Å²) >= 11 is 0. The van der Waals surface area contributed by atoms with Crippen LogP contribution in [0.15, 0.2) is 54.6 Å². The Balaban J connectivity index is 2.27. The molecule has 0 aliphatic carbocycles. The van der Waals surface area contributed by atoms with Gasteiger partial charge in [0.15, 0.2) is 6.04 Å². The van der Waals surface area contributed by atoms with Crippen LogP contribution in [0.1, 0.15) is 22.0 Å². The quantitative estimate of drug-likeness (QED) is 0.861. The number of nitrogens with one attached hydrogen (secondary N) is 1. The normalized spacial score (nSPS) is 11.4. The largest absolute Gasteiger partial charge is 0.496 e. The smallest absolute Gasteiger partial charge is 0.333 e. The van der Waals surface area contributed by atoms with Crippen molar-refractivity contribution in [1.82, 2.24) is 5.32 Å². The van der Waals surface area contributed by atoms with E-state index in [-0.39, 0.29) is 0 Å². The molecule has 1 amide bonds. The number of carbonyl (C=O) groups excluding carboxylic acids is 2. The van der Waals surface area contributed by atoms with E-state index < -0.39 is 17.9 Å². The van der Waals surface area contributed by atoms with Crippen LogP contribution < -0.4 is 10.1 Å². The van der Waals surface area contributed by atoms with E-state index in [4.69, 9.17) is 9.47 Å². The van der Waals surface area contributed by atoms with E-state index in [2.05, 4.69) is 5.32 Å². The number of carbonyl (C=O) groups is 2. The van der Waals surface area contributed by atoms with Crippen LogP contribution >= 0.6 is 0 Å². The molecular formula is C17H17NO4. The molecule has 2 rings (SSSR count). The summed E-state index contributed by atoms with van der Waals surface area (Å²) < 4.78 is 9.94. The summed E-state index contributed by atoms with van der Waals surface area (Å²) in [5.74, 6) is -0.497. The molecule has 0 saturated heterocycles. The predicted molar refractivity (Wildman–Crippen MR) is 81.7 cm³/mol. The molecule has 2 aromatic carbocycles. The maximum absolute atomic E-state index is 12.4. The minimum atomic E-state index is -0.872. The fourth-order valence-electron chi connectivity index (χ4n) is 2.08. The van der Waals surface area contributed by atoms with Gasteiger partial charge in [0, 0.05) is 0 Å². The molecule has 5 heteroatoms. The third-order valence-corrected chi connectivity index (χ3v) is 3.20. The van der Waals surface area contributed by atoms with E-state index in [9.17, 15) is 9.59 Å². The lowest BCUT2D eigenvalue weighted by Gasteiger charge is -2.17. The topological polar surface area (TPSA) is 64.6 Å². The summed E-state index contributed by atoms with van der Waals surface area (Å²) in [6.45, 7) is 0. The molecule has 5 nitrogen and oxygen atoms in total. The van der Waals surface area contributed by atoms with Crippen LogP contribution in [0, 0.1) is 0 Å². The first kappa shape index (κ1) is 15.6. The summed E-state index contributed by atoms with van der Waals surface area (Å²) in [6.07, 6.45) is 0. The third kappa shape index (κ3) is 3.44. The van der Waals surface area contributed by atoms with Crippen LogP contribution in [-0.2, 0) is 9.53 Å². The van der Waals surface area contributed by atoms with Crippen LogP contribution in [0.5, 0.6) is 5.75 Å². The van der Waals surface area contributed by atoms with Gasteiger partial charge < -0.3 is 14.8 Å². The van der Waals surface area contributed by atoms with Crippen LogP contribution in [0.25, 0.3) is 0 Å². The fraction of sp³-hybridized carbons (Fsp3) is 0.176. The van der Waals surface area contributed by atoms with Crippen molar-refractivity contribution >= 4 is 11.9 Å². The van der Waals surface area contributed by atoms with Gasteiger partial charge in [-0.3, -0.25) is 4.79 Å². The van der Waals surface area contributed by atoms with E-state index in [1.54, 1.807) is 48.5 Å². The zero-order valence-corrected chi connectivity index (χ0v) is 12.4. The molecule has 0 heterocycles. The Morgan fingerprint density at radius 1 is 0.955 bits per heavy atom. The molecule has 0 radical (unpaired) electrons. The Kier molecular flexibility index (Phi) is 5.14. The van der Waals surface area contributed by atoms with Gasteiger partial charge in [-0.1, -0.05) is 42.5 Å². The van der Waals surface area contributed by atoms with E-state index in [1.165, 1.54) is 14.2 Å². The molecule has 1 unspecified atom stereocenters. The lowest BCUT2D eigenvalue weighted by Crippen LogP contribution is -2.34. The minimum Gasteiger partial charge on any atom is -0.496 e. The molecular weight excluding hydrogens is 282 g/mol. The molecule has 1 N–H and O–H groups in total. The Bertz CT molecular complexity index is 655. The van der Waals surface area contributed by atoms with E-state index in [0.717, 1.165) is 0 Å². The number of ether oxygens (including phenoxy) is 2. The highest BCUT2D eigenvalue weighted by molar-refractivity contribution is 5.99. The summed E-state index contributed by atoms with van der Waals surface area (Å²) in [5, 5.41) is 2.68. The first-order valence-electron chi connectivity index (χ1n) is 6.74. The monoisotopic (exact) mass is 299 g/mol. The number of hydrogen-bond acceptors (Lipinski definition) is 4. The summed E-state index contributed by atoms with van der Waals surface area (Å²) in [4.78, 5) is 24.4. The van der Waals surface area contributed by atoms with Gasteiger partial charge >= 0.3 is 5.97 Å². The zero-order chi connectivity index (χ0) is 15.9. The second-order valence-corrected chi connectivity index (χ2v) is 4.54. The average molecular weight is 299 g/mol. The van der Waals surface area contributed by atoms with E-state index >= 15 is 0 Å². The van der Waals surface area contributed by atoms with Crippen molar-refractivity contribution in [3.8, 4) is 5.75 Å². The van der Waals surface area contributed by atoms with Crippen molar-refractivity contribution in [3.63, 3.8) is 0 Å². The Morgan fingerprint density at radius 2 is 1.59 bits per heavy atom. The number of para-hydroxylation sites is 1. The summed E-state index contributed by atoms with van der Waals surface area (Å²) in [7, 11) is 2.77. The number of benzene rings is 2. The number of esters is 1. The lowest BCUT2D eigenvalue weighted by atomic mass is 10.1. The summed E-state index contributed by atoms with van der Waals surface area (Å²) in [5.41, 5.74) is 1.01. The number of hydrogen-bond donors (Lipinski definition) is 1. The first-order chi connectivity index (χ1) is 10.7. The third-order valence-electron chi connectivity index (χ3n) is 3.20. The van der Waals surface area contributed by atoms with Crippen LogP contribution in [-0.4, -0.2) is 26.1 Å². The number of rotatable bonds is 5. The number of methoxy groups -OCH3 is 2. The molecule has 0 saturated carbocycles. The van der Waals surface area contributed by atoms with Gasteiger partial charge in [-0.2, -0.15) is 0 Å². The molecule has 114 valence electrons. The highest BCUT2D eigenvalue weighted by atomic mass is 16.5. The molecule has 0 spiro atoms. The summed E-state index contributed by atoms with van der Waals surface area (Å²) in [6, 6.07) is 14.9. The molecule has 0 aliphatic rings. The minimum absolute atomic E-state index is 0.356. The highest BCUT2D eigenvalue weighted by Crippen LogP contribution is 2.20.